The van der Waals surface area contributed by atoms with Crippen LogP contribution in [0.5, 0.6) is 0 Å². The third kappa shape index (κ3) is 4.18. The van der Waals surface area contributed by atoms with Crippen molar-refractivity contribution in [2.24, 2.45) is 0 Å². The van der Waals surface area contributed by atoms with Crippen molar-refractivity contribution in [3.8, 4) is 22.9 Å². The van der Waals surface area contributed by atoms with Crippen LogP contribution in [0.15, 0.2) is 75.8 Å². The first-order valence-electron chi connectivity index (χ1n) is 12.5. The molecule has 0 aliphatic carbocycles. The van der Waals surface area contributed by atoms with Gasteiger partial charge in [-0.1, -0.05) is 52.8 Å². The van der Waals surface area contributed by atoms with Gasteiger partial charge in [0.15, 0.2) is 16.5 Å². The predicted molar refractivity (Wildman–Crippen MR) is 146 cm³/mol. The van der Waals surface area contributed by atoms with Crippen molar-refractivity contribution in [1.82, 2.24) is 20.2 Å². The number of aromatic nitrogens is 4. The monoisotopic (exact) mass is 522 g/mol. The number of amides is 1. The second kappa shape index (κ2) is 9.38. The zero-order chi connectivity index (χ0) is 25.5. The van der Waals surface area contributed by atoms with Crippen LogP contribution in [-0.2, 0) is 0 Å². The van der Waals surface area contributed by atoms with Gasteiger partial charge in [0.25, 0.3) is 11.8 Å². The Morgan fingerprint density at radius 1 is 0.921 bits per heavy atom. The number of nitrogens with zero attached hydrogens (tertiary/aromatic N) is 5. The predicted octanol–water partition coefficient (Wildman–Crippen LogP) is 6.40. The molecule has 7 rings (SSSR count). The highest BCUT2D eigenvalue weighted by atomic mass is 32.1. The molecular formula is C28H22N6O3S. The summed E-state index contributed by atoms with van der Waals surface area (Å²) >= 11 is 1.49. The summed E-state index contributed by atoms with van der Waals surface area (Å²) in [6.45, 7) is 1.91. The summed E-state index contributed by atoms with van der Waals surface area (Å²) in [6, 6.07) is 19.5. The van der Waals surface area contributed by atoms with E-state index in [9.17, 15) is 4.79 Å². The summed E-state index contributed by atoms with van der Waals surface area (Å²) in [5, 5.41) is 13.8. The highest BCUT2D eigenvalue weighted by Gasteiger charge is 2.23. The number of fused-ring (bicyclic) bond motifs is 2. The summed E-state index contributed by atoms with van der Waals surface area (Å²) in [5.74, 6) is 0.242. The van der Waals surface area contributed by atoms with E-state index in [-0.39, 0.29) is 17.8 Å². The SMILES string of the molecule is O=C(Nc1nnc(-c2ccco2)o1)c1cc(-c2ccc3ccccc3c2)nc2nc(N3CCCCC3)sc12. The van der Waals surface area contributed by atoms with Crippen molar-refractivity contribution in [2.45, 2.75) is 19.3 Å². The van der Waals surface area contributed by atoms with Crippen molar-refractivity contribution < 1.29 is 13.6 Å². The molecule has 9 nitrogen and oxygen atoms in total. The first kappa shape index (κ1) is 22.6. The van der Waals surface area contributed by atoms with E-state index in [0.29, 0.717) is 22.7 Å². The number of thiazole rings is 1. The maximum atomic E-state index is 13.6. The molecule has 1 N–H and O–H groups in total. The minimum atomic E-state index is -0.372. The highest BCUT2D eigenvalue weighted by molar-refractivity contribution is 7.22. The highest BCUT2D eigenvalue weighted by Crippen LogP contribution is 2.35. The number of carbonyl (C=O) groups excluding carboxylic acids is 1. The first-order valence-corrected chi connectivity index (χ1v) is 13.3. The van der Waals surface area contributed by atoms with E-state index < -0.39 is 0 Å². The number of benzene rings is 2. The van der Waals surface area contributed by atoms with Crippen molar-refractivity contribution in [3.05, 3.63) is 72.5 Å². The van der Waals surface area contributed by atoms with Crippen molar-refractivity contribution in [1.29, 1.82) is 0 Å². The van der Waals surface area contributed by atoms with Crippen LogP contribution in [0.25, 0.3) is 44.0 Å². The molecule has 1 fully saturated rings. The van der Waals surface area contributed by atoms with Crippen molar-refractivity contribution in [3.63, 3.8) is 0 Å². The van der Waals surface area contributed by atoms with E-state index in [1.807, 2.05) is 24.3 Å². The third-order valence-corrected chi connectivity index (χ3v) is 7.78. The largest absolute Gasteiger partial charge is 0.459 e. The fourth-order valence-electron chi connectivity index (χ4n) is 4.72. The Morgan fingerprint density at radius 3 is 2.63 bits per heavy atom. The Morgan fingerprint density at radius 2 is 1.79 bits per heavy atom. The average Bonchev–Trinajstić information content (AvgIpc) is 3.73. The molecule has 0 unspecified atom stereocenters. The molecule has 0 bridgehead atoms. The Labute approximate surface area is 221 Å². The van der Waals surface area contributed by atoms with Crippen LogP contribution in [-0.4, -0.2) is 39.2 Å². The van der Waals surface area contributed by atoms with E-state index >= 15 is 0 Å². The van der Waals surface area contributed by atoms with E-state index in [2.05, 4.69) is 44.7 Å². The minimum Gasteiger partial charge on any atom is -0.459 e. The lowest BCUT2D eigenvalue weighted by molar-refractivity contribution is 0.102. The Kier molecular flexibility index (Phi) is 5.58. The fourth-order valence-corrected chi connectivity index (χ4v) is 5.80. The van der Waals surface area contributed by atoms with Gasteiger partial charge in [-0.15, -0.1) is 5.10 Å². The standard InChI is InChI=1S/C28H22N6O3S/c35-25(31-27-33-32-26(37-27)22-9-6-14-36-22)20-16-21(19-11-10-17-7-2-3-8-18(17)15-19)29-24-23(20)38-28(30-24)34-12-4-1-5-13-34/h2-3,6-11,14-16H,1,4-5,12-13H2,(H,31,33,35). The van der Waals surface area contributed by atoms with Crippen LogP contribution in [0.2, 0.25) is 0 Å². The molecule has 4 aromatic heterocycles. The van der Waals surface area contributed by atoms with Gasteiger partial charge < -0.3 is 13.7 Å². The van der Waals surface area contributed by atoms with Gasteiger partial charge in [0.2, 0.25) is 0 Å². The molecule has 0 spiro atoms. The van der Waals surface area contributed by atoms with Crippen molar-refractivity contribution >= 4 is 49.5 Å². The minimum absolute atomic E-state index is 0.0145. The molecule has 2 aromatic carbocycles. The summed E-state index contributed by atoms with van der Waals surface area (Å²) in [7, 11) is 0. The molecule has 0 saturated carbocycles. The van der Waals surface area contributed by atoms with Gasteiger partial charge in [0, 0.05) is 18.7 Å². The normalized spacial score (nSPS) is 13.8. The molecule has 1 aliphatic rings. The Balaban J connectivity index is 1.30. The maximum absolute atomic E-state index is 13.6. The van der Waals surface area contributed by atoms with E-state index in [1.165, 1.54) is 24.0 Å². The summed E-state index contributed by atoms with van der Waals surface area (Å²) in [5.41, 5.74) is 2.58. The van der Waals surface area contributed by atoms with E-state index in [4.69, 9.17) is 18.8 Å². The van der Waals surface area contributed by atoms with Gasteiger partial charge in [-0.05, 0) is 54.3 Å². The quantitative estimate of drug-likeness (QED) is 0.277. The number of nitrogens with one attached hydrogen (secondary N) is 1. The van der Waals surface area contributed by atoms with Gasteiger partial charge in [0.1, 0.15) is 0 Å². The Bertz CT molecular complexity index is 1770. The number of pyridine rings is 1. The zero-order valence-corrected chi connectivity index (χ0v) is 21.1. The van der Waals surface area contributed by atoms with Crippen LogP contribution >= 0.6 is 11.3 Å². The number of hydrogen-bond donors (Lipinski definition) is 1. The van der Waals surface area contributed by atoms with Crippen LogP contribution in [0.4, 0.5) is 11.1 Å². The molecule has 0 radical (unpaired) electrons. The second-order valence-corrected chi connectivity index (χ2v) is 10.1. The molecule has 10 heteroatoms. The van der Waals surface area contributed by atoms with Gasteiger partial charge in [-0.3, -0.25) is 10.1 Å². The third-order valence-electron chi connectivity index (χ3n) is 6.64. The molecule has 1 aliphatic heterocycles. The van der Waals surface area contributed by atoms with Crippen LogP contribution in [0.1, 0.15) is 29.6 Å². The van der Waals surface area contributed by atoms with Gasteiger partial charge in [0.05, 0.1) is 22.2 Å². The molecule has 188 valence electrons. The van der Waals surface area contributed by atoms with Gasteiger partial charge >= 0.3 is 6.01 Å². The van der Waals surface area contributed by atoms with Gasteiger partial charge in [-0.25, -0.2) is 4.98 Å². The number of rotatable bonds is 5. The van der Waals surface area contributed by atoms with Crippen LogP contribution in [0.3, 0.4) is 0 Å². The molecular weight excluding hydrogens is 500 g/mol. The molecule has 38 heavy (non-hydrogen) atoms. The second-order valence-electron chi connectivity index (χ2n) is 9.16. The fraction of sp³-hybridized carbons (Fsp3) is 0.179. The lowest BCUT2D eigenvalue weighted by Crippen LogP contribution is -2.29. The van der Waals surface area contributed by atoms with E-state index in [1.54, 1.807) is 12.1 Å². The van der Waals surface area contributed by atoms with Crippen LogP contribution in [0, 0.1) is 0 Å². The number of hydrogen-bond acceptors (Lipinski definition) is 9. The average molecular weight is 523 g/mol. The first-order chi connectivity index (χ1) is 18.7. The van der Waals surface area contributed by atoms with Crippen molar-refractivity contribution in [2.75, 3.05) is 23.3 Å². The molecule has 1 amide bonds. The Hall–Kier alpha value is -4.57. The molecule has 0 atom stereocenters. The lowest BCUT2D eigenvalue weighted by Gasteiger charge is -2.25. The summed E-state index contributed by atoms with van der Waals surface area (Å²) in [4.78, 5) is 25.6. The number of carbonyl (C=O) groups is 1. The number of anilines is 2. The molecule has 6 aromatic rings. The molecule has 1 saturated heterocycles. The topological polar surface area (TPSA) is 110 Å². The smallest absolute Gasteiger partial charge is 0.322 e. The number of furan rings is 1. The van der Waals surface area contributed by atoms with Gasteiger partial charge in [-0.2, -0.15) is 4.98 Å². The molecule has 5 heterocycles. The summed E-state index contributed by atoms with van der Waals surface area (Å²) in [6.07, 6.45) is 5.01. The lowest BCUT2D eigenvalue weighted by atomic mass is 10.0. The zero-order valence-electron chi connectivity index (χ0n) is 20.3. The van der Waals surface area contributed by atoms with Crippen LogP contribution < -0.4 is 10.2 Å². The van der Waals surface area contributed by atoms with E-state index in [0.717, 1.165) is 52.1 Å². The maximum Gasteiger partial charge on any atom is 0.322 e. The number of piperidine rings is 1. The summed E-state index contributed by atoms with van der Waals surface area (Å²) < 4.78 is 11.6.